The lowest BCUT2D eigenvalue weighted by Gasteiger charge is -2.38. The summed E-state index contributed by atoms with van der Waals surface area (Å²) in [5.41, 5.74) is -0.787. The monoisotopic (exact) mass is 334 g/mol. The second kappa shape index (κ2) is 6.16. The molecule has 2 fully saturated rings. The van der Waals surface area contributed by atoms with E-state index in [2.05, 4.69) is 19.6 Å². The number of hydrogen-bond acceptors (Lipinski definition) is 7. The Morgan fingerprint density at radius 1 is 1.30 bits per heavy atom. The van der Waals surface area contributed by atoms with Gasteiger partial charge in [-0.3, -0.25) is 0 Å². The molecule has 1 saturated carbocycles. The smallest absolute Gasteiger partial charge is 0.205 e. The molecule has 0 amide bonds. The van der Waals surface area contributed by atoms with Crippen LogP contribution in [-0.2, 0) is 6.54 Å². The van der Waals surface area contributed by atoms with E-state index in [0.717, 1.165) is 30.3 Å². The number of rotatable bonds is 4. The van der Waals surface area contributed by atoms with Crippen molar-refractivity contribution in [2.75, 3.05) is 18.0 Å². The van der Waals surface area contributed by atoms with Crippen LogP contribution < -0.4 is 4.90 Å². The maximum Gasteiger partial charge on any atom is 0.205 e. The summed E-state index contributed by atoms with van der Waals surface area (Å²) in [6, 6.07) is 0. The summed E-state index contributed by atoms with van der Waals surface area (Å²) in [4.78, 5) is 6.94. The molecule has 1 aliphatic carbocycles. The number of aromatic nitrogens is 5. The highest BCUT2D eigenvalue weighted by Gasteiger charge is 2.35. The molecule has 8 heteroatoms. The van der Waals surface area contributed by atoms with Crippen LogP contribution in [0.1, 0.15) is 50.3 Å². The molecule has 3 heterocycles. The minimum Gasteiger partial charge on any atom is -0.386 e. The summed E-state index contributed by atoms with van der Waals surface area (Å²) in [5.74, 6) is 1.55. The predicted molar refractivity (Wildman–Crippen MR) is 87.5 cm³/mol. The maximum atomic E-state index is 10.9. The molecule has 1 unspecified atom stereocenters. The average molecular weight is 334 g/mol. The first-order valence-electron chi connectivity index (χ1n) is 8.37. The van der Waals surface area contributed by atoms with E-state index in [1.165, 1.54) is 37.2 Å². The van der Waals surface area contributed by atoms with Crippen LogP contribution in [0.3, 0.4) is 0 Å². The fraction of sp³-hybridized carbons (Fsp3) is 0.733. The Labute approximate surface area is 139 Å². The minimum atomic E-state index is -0.787. The third kappa shape index (κ3) is 3.23. The van der Waals surface area contributed by atoms with Crippen LogP contribution in [0.4, 0.5) is 5.13 Å². The highest BCUT2D eigenvalue weighted by atomic mass is 32.1. The zero-order valence-electron chi connectivity index (χ0n) is 13.1. The van der Waals surface area contributed by atoms with Gasteiger partial charge in [-0.2, -0.15) is 4.37 Å². The van der Waals surface area contributed by atoms with Crippen molar-refractivity contribution in [3.8, 4) is 0 Å². The second-order valence-electron chi connectivity index (χ2n) is 6.77. The third-order valence-corrected chi connectivity index (χ3v) is 5.70. The van der Waals surface area contributed by atoms with E-state index in [9.17, 15) is 5.11 Å². The van der Waals surface area contributed by atoms with Gasteiger partial charge in [0, 0.05) is 30.2 Å². The summed E-state index contributed by atoms with van der Waals surface area (Å²) < 4.78 is 6.28. The van der Waals surface area contributed by atoms with Crippen molar-refractivity contribution >= 4 is 16.7 Å². The number of β-amino-alcohol motifs (C(OH)–C–C–N with tert-alkyl or cyclic N) is 1. The summed E-state index contributed by atoms with van der Waals surface area (Å²) in [6.07, 6.45) is 10.2. The third-order valence-electron chi connectivity index (χ3n) is 4.91. The topological polar surface area (TPSA) is 80.0 Å². The average Bonchev–Trinajstić information content (AvgIpc) is 3.29. The van der Waals surface area contributed by atoms with Crippen molar-refractivity contribution in [1.29, 1.82) is 0 Å². The van der Waals surface area contributed by atoms with Gasteiger partial charge >= 0.3 is 0 Å². The zero-order chi connectivity index (χ0) is 15.7. The van der Waals surface area contributed by atoms with Crippen molar-refractivity contribution < 1.29 is 5.11 Å². The van der Waals surface area contributed by atoms with Crippen LogP contribution in [0.5, 0.6) is 0 Å². The highest BCUT2D eigenvalue weighted by molar-refractivity contribution is 7.09. The summed E-state index contributed by atoms with van der Waals surface area (Å²) in [6.45, 7) is 1.98. The number of hydrogen-bond donors (Lipinski definition) is 1. The van der Waals surface area contributed by atoms with Crippen LogP contribution in [0.2, 0.25) is 0 Å². The molecular weight excluding hydrogens is 312 g/mol. The lowest BCUT2D eigenvalue weighted by molar-refractivity contribution is 0.00602. The van der Waals surface area contributed by atoms with Crippen molar-refractivity contribution in [1.82, 2.24) is 24.4 Å². The molecule has 0 radical (unpaired) electrons. The first-order chi connectivity index (χ1) is 11.2. The van der Waals surface area contributed by atoms with E-state index in [1.807, 2.05) is 0 Å². The molecule has 0 aromatic carbocycles. The van der Waals surface area contributed by atoms with Crippen LogP contribution >= 0.6 is 11.5 Å². The first kappa shape index (κ1) is 15.0. The van der Waals surface area contributed by atoms with Crippen LogP contribution in [0, 0.1) is 0 Å². The molecule has 1 atom stereocenters. The van der Waals surface area contributed by atoms with Crippen molar-refractivity contribution in [3.05, 3.63) is 18.2 Å². The molecule has 0 spiro atoms. The molecule has 7 nitrogen and oxygen atoms in total. The van der Waals surface area contributed by atoms with Crippen molar-refractivity contribution in [2.45, 2.75) is 56.6 Å². The number of piperidine rings is 1. The second-order valence-corrected chi connectivity index (χ2v) is 7.50. The first-order valence-corrected chi connectivity index (χ1v) is 9.14. The van der Waals surface area contributed by atoms with Gasteiger partial charge in [0.25, 0.3) is 0 Å². The van der Waals surface area contributed by atoms with E-state index in [-0.39, 0.29) is 0 Å². The molecule has 2 aromatic heterocycles. The van der Waals surface area contributed by atoms with Crippen LogP contribution in [0.15, 0.2) is 12.4 Å². The van der Waals surface area contributed by atoms with Gasteiger partial charge in [0.05, 0.1) is 19.3 Å². The standard InChI is InChI=1S/C15H22N6OS/c22-15(11-21-9-7-16-19-21)6-3-8-20(10-15)14-17-13(18-23-14)12-4-1-2-5-12/h7,9,12,22H,1-6,8,10-11H2. The fourth-order valence-electron chi connectivity index (χ4n) is 3.73. The van der Waals surface area contributed by atoms with Gasteiger partial charge in [-0.15, -0.1) is 5.10 Å². The summed E-state index contributed by atoms with van der Waals surface area (Å²) >= 11 is 1.47. The van der Waals surface area contributed by atoms with Gasteiger partial charge in [0.15, 0.2) is 0 Å². The number of nitrogens with zero attached hydrogens (tertiary/aromatic N) is 6. The molecule has 4 rings (SSSR count). The lowest BCUT2D eigenvalue weighted by atomic mass is 9.93. The van der Waals surface area contributed by atoms with Gasteiger partial charge < -0.3 is 10.0 Å². The largest absolute Gasteiger partial charge is 0.386 e. The minimum absolute atomic E-state index is 0.470. The Morgan fingerprint density at radius 2 is 2.17 bits per heavy atom. The summed E-state index contributed by atoms with van der Waals surface area (Å²) in [7, 11) is 0. The van der Waals surface area contributed by atoms with Gasteiger partial charge in [-0.05, 0) is 25.7 Å². The molecule has 1 aliphatic heterocycles. The van der Waals surface area contributed by atoms with Crippen LogP contribution in [-0.4, -0.2) is 48.1 Å². The fourth-order valence-corrected chi connectivity index (χ4v) is 4.50. The molecule has 124 valence electrons. The van der Waals surface area contributed by atoms with E-state index in [0.29, 0.717) is 19.0 Å². The van der Waals surface area contributed by atoms with Gasteiger partial charge in [-0.25, -0.2) is 9.67 Å². The van der Waals surface area contributed by atoms with E-state index in [1.54, 1.807) is 17.1 Å². The SMILES string of the molecule is OC1(Cn2ccnn2)CCCN(c2nc(C3CCCC3)ns2)C1. The Morgan fingerprint density at radius 3 is 2.96 bits per heavy atom. The Balaban J connectivity index is 1.46. The maximum absolute atomic E-state index is 10.9. The van der Waals surface area contributed by atoms with Gasteiger partial charge in [-0.1, -0.05) is 18.1 Å². The molecular formula is C15H22N6OS. The molecule has 2 aromatic rings. The zero-order valence-corrected chi connectivity index (χ0v) is 14.0. The van der Waals surface area contributed by atoms with Crippen molar-refractivity contribution in [2.24, 2.45) is 0 Å². The molecule has 1 N–H and O–H groups in total. The summed E-state index contributed by atoms with van der Waals surface area (Å²) in [5, 5.41) is 19.7. The van der Waals surface area contributed by atoms with E-state index >= 15 is 0 Å². The molecule has 2 aliphatic rings. The molecule has 0 bridgehead atoms. The lowest BCUT2D eigenvalue weighted by Crippen LogP contribution is -2.50. The molecule has 1 saturated heterocycles. The Hall–Kier alpha value is -1.54. The van der Waals surface area contributed by atoms with Gasteiger partial charge in [0.1, 0.15) is 11.4 Å². The number of anilines is 1. The van der Waals surface area contributed by atoms with E-state index < -0.39 is 5.60 Å². The highest BCUT2D eigenvalue weighted by Crippen LogP contribution is 2.35. The van der Waals surface area contributed by atoms with Crippen molar-refractivity contribution in [3.63, 3.8) is 0 Å². The Kier molecular flexibility index (Phi) is 4.02. The normalized spacial score (nSPS) is 26.0. The van der Waals surface area contributed by atoms with Crippen LogP contribution in [0.25, 0.3) is 0 Å². The number of aliphatic hydroxyl groups is 1. The predicted octanol–water partition coefficient (Wildman–Crippen LogP) is 1.82. The van der Waals surface area contributed by atoms with E-state index in [4.69, 9.17) is 4.98 Å². The molecule has 23 heavy (non-hydrogen) atoms. The quantitative estimate of drug-likeness (QED) is 0.919. The van der Waals surface area contributed by atoms with Gasteiger partial charge in [0.2, 0.25) is 5.13 Å². The Bertz CT molecular complexity index is 638.